The van der Waals surface area contributed by atoms with Gasteiger partial charge in [0.15, 0.2) is 6.10 Å². The first kappa shape index (κ1) is 75.4. The van der Waals surface area contributed by atoms with Crippen molar-refractivity contribution >= 4 is 101 Å². The number of carbonyl (C=O) groups is 6. The van der Waals surface area contributed by atoms with E-state index < -0.39 is 89.6 Å². The van der Waals surface area contributed by atoms with Crippen molar-refractivity contribution in [2.75, 3.05) is 85.4 Å². The number of morpholine rings is 2. The number of esters is 3. The van der Waals surface area contributed by atoms with Crippen molar-refractivity contribution in [1.29, 1.82) is 0 Å². The molecule has 0 aliphatic carbocycles. The molecule has 6 aromatic rings. The van der Waals surface area contributed by atoms with Crippen LogP contribution in [0.1, 0.15) is 74.8 Å². The number of aromatic nitrogens is 6. The van der Waals surface area contributed by atoms with Gasteiger partial charge in [-0.3, -0.25) is 24.3 Å². The number of aliphatic imine (C=N–C) groups is 3. The van der Waals surface area contributed by atoms with E-state index in [0.717, 1.165) is 6.42 Å². The molecule has 6 aliphatic rings. The first-order chi connectivity index (χ1) is 49.1. The molecule has 29 nitrogen and oxygen atoms in total. The van der Waals surface area contributed by atoms with E-state index in [-0.39, 0.29) is 69.2 Å². The Balaban J connectivity index is 0.000000165. The number of carbonyl (C=O) groups excluding carboxylic acids is 3. The maximum atomic E-state index is 13.8. The first-order valence-corrected chi connectivity index (χ1v) is 34.7. The maximum absolute atomic E-state index is 13.8. The number of carboxylic acids is 3. The molecule has 6 aliphatic heterocycles. The lowest BCUT2D eigenvalue weighted by molar-refractivity contribution is -0.156. The van der Waals surface area contributed by atoms with Crippen LogP contribution in [0.5, 0.6) is 0 Å². The zero-order valence-corrected chi connectivity index (χ0v) is 59.9. The number of likely N-dealkylation sites (tertiary alicyclic amines) is 1. The average Bonchev–Trinajstić information content (AvgIpc) is 1.05. The van der Waals surface area contributed by atoms with Gasteiger partial charge in [-0.05, 0) is 111 Å². The molecule has 3 aromatic carbocycles. The SMILES string of the molecule is CCOC(=O)C1=C(CN2CCC[C@H]2C(=O)O)NC(n2cccn2)=NC1c1ccc(F)cc1Br.CCOC(=O)C1=C(CN2CCOC(C(=O)O)C2)NC(n2cccn2)=NC1c1ccc(F)cc1Br.CCOC(=O)C1=C(CN2CCOC(CC(=O)O)C2)NC(n2cccn2)=NC1c1ccc(F)cc1Br. The van der Waals surface area contributed by atoms with Crippen LogP contribution in [0.25, 0.3) is 0 Å². The third-order valence-electron chi connectivity index (χ3n) is 16.6. The molecule has 540 valence electrons. The van der Waals surface area contributed by atoms with Crippen LogP contribution in [0.15, 0.2) is 172 Å². The van der Waals surface area contributed by atoms with Crippen LogP contribution in [-0.4, -0.2) is 217 Å². The highest BCUT2D eigenvalue weighted by molar-refractivity contribution is 9.11. The lowest BCUT2D eigenvalue weighted by Gasteiger charge is -2.35. The molecule has 3 fully saturated rings. The van der Waals surface area contributed by atoms with E-state index in [9.17, 15) is 52.2 Å². The van der Waals surface area contributed by atoms with Gasteiger partial charge in [0.2, 0.25) is 17.9 Å². The van der Waals surface area contributed by atoms with Crippen LogP contribution in [0, 0.1) is 17.5 Å². The number of nitrogens with zero attached hydrogens (tertiary/aromatic N) is 12. The molecule has 12 rings (SSSR count). The Hall–Kier alpha value is -9.23. The van der Waals surface area contributed by atoms with E-state index in [0.29, 0.717) is 111 Å². The summed E-state index contributed by atoms with van der Waals surface area (Å²) in [5.74, 6) is -4.77. The number of halogens is 6. The molecule has 6 atom stereocenters. The van der Waals surface area contributed by atoms with Crippen molar-refractivity contribution < 1.29 is 80.9 Å². The fourth-order valence-corrected chi connectivity index (χ4v) is 13.7. The van der Waals surface area contributed by atoms with Crippen molar-refractivity contribution in [3.8, 4) is 0 Å². The predicted molar refractivity (Wildman–Crippen MR) is 371 cm³/mol. The normalized spacial score (nSPS) is 21.0. The van der Waals surface area contributed by atoms with E-state index in [1.165, 1.54) is 45.8 Å². The van der Waals surface area contributed by atoms with E-state index in [4.69, 9.17) is 43.8 Å². The van der Waals surface area contributed by atoms with Gasteiger partial charge in [-0.2, -0.15) is 15.3 Å². The molecule has 0 saturated carbocycles. The van der Waals surface area contributed by atoms with Gasteiger partial charge >= 0.3 is 35.8 Å². The highest BCUT2D eigenvalue weighted by atomic mass is 79.9. The Labute approximate surface area is 607 Å². The number of hydrogen-bond donors (Lipinski definition) is 6. The van der Waals surface area contributed by atoms with E-state index in [1.807, 2.05) is 14.7 Å². The Bertz CT molecular complexity index is 4250. The number of aliphatic carboxylic acids is 3. The van der Waals surface area contributed by atoms with Crippen LogP contribution < -0.4 is 16.0 Å². The summed E-state index contributed by atoms with van der Waals surface area (Å²) in [5.41, 5.74) is 4.02. The van der Waals surface area contributed by atoms with Crippen molar-refractivity contribution in [2.24, 2.45) is 15.0 Å². The standard InChI is InChI=1S/C23H25BrFN5O5.C22H23BrFN5O5.C22H23BrFN5O4/c1-2-34-22(33)20-18(13-29-8-9-35-15(12-29)11-19(31)32)27-23(30-7-3-6-26-30)28-21(20)16-5-4-14(25)10-17(16)24;1-2-33-21(32)18-16(11-28-8-9-34-17(12-28)20(30)31)26-22(29-7-3-6-25-29)27-19(18)14-5-4-13(24)10-15(14)23;1-2-33-21(32)18-16(12-28-9-3-5-17(28)20(30)31)26-22(29-10-4-8-25-29)27-19(18)14-7-6-13(24)11-15(14)23/h3-7,10,15,21H,2,8-9,11-13H2,1H3,(H,27,28)(H,31,32);3-7,10,17,19H,2,8-9,11-12H2,1H3,(H,26,27)(H,30,31);4,6-8,10-11,17,19H,2-3,5,9,12H2,1H3,(H,26,27)(H,30,31)/t;;17-,19?/m..0/s1. The predicted octanol–water partition coefficient (Wildman–Crippen LogP) is 6.96. The van der Waals surface area contributed by atoms with Crippen molar-refractivity contribution in [1.82, 2.24) is 60.0 Å². The summed E-state index contributed by atoms with van der Waals surface area (Å²) in [6, 6.07) is 14.7. The molecular weight excluding hydrogens is 1540 g/mol. The highest BCUT2D eigenvalue weighted by Gasteiger charge is 2.40. The number of carboxylic acid groups (broad SMARTS) is 3. The van der Waals surface area contributed by atoms with Gasteiger partial charge in [-0.1, -0.05) is 66.0 Å². The second-order valence-electron chi connectivity index (χ2n) is 23.4. The number of nitrogens with one attached hydrogen (secondary N) is 3. The lowest BCUT2D eigenvalue weighted by Crippen LogP contribution is -2.49. The van der Waals surface area contributed by atoms with Gasteiger partial charge in [0, 0.05) is 114 Å². The number of rotatable bonds is 19. The molecular formula is C67H71Br3F3N15O14. The van der Waals surface area contributed by atoms with Gasteiger partial charge in [0.25, 0.3) is 0 Å². The average molecular weight is 1610 g/mol. The van der Waals surface area contributed by atoms with Crippen molar-refractivity contribution in [2.45, 2.75) is 76.4 Å². The molecule has 35 heteroatoms. The van der Waals surface area contributed by atoms with Crippen LogP contribution in [0.2, 0.25) is 0 Å². The number of ether oxygens (including phenoxy) is 5. The molecule has 0 radical (unpaired) electrons. The summed E-state index contributed by atoms with van der Waals surface area (Å²) in [6.07, 6.45) is 9.65. The van der Waals surface area contributed by atoms with Gasteiger partial charge in [0.05, 0.1) is 62.3 Å². The highest BCUT2D eigenvalue weighted by Crippen LogP contribution is 2.40. The Kier molecular flexibility index (Phi) is 26.0. The fourth-order valence-electron chi connectivity index (χ4n) is 12.0. The van der Waals surface area contributed by atoms with E-state index in [1.54, 1.807) is 99.0 Å². The largest absolute Gasteiger partial charge is 0.481 e. The Morgan fingerprint density at radius 2 is 0.931 bits per heavy atom. The quantitative estimate of drug-likeness (QED) is 0.0352. The summed E-state index contributed by atoms with van der Waals surface area (Å²) in [5, 5.41) is 50.4. The van der Waals surface area contributed by atoms with E-state index >= 15 is 0 Å². The molecule has 102 heavy (non-hydrogen) atoms. The minimum absolute atomic E-state index is 0.112. The minimum atomic E-state index is -1.05. The molecule has 0 spiro atoms. The zero-order chi connectivity index (χ0) is 72.7. The molecule has 3 aromatic heterocycles. The van der Waals surface area contributed by atoms with Crippen molar-refractivity contribution in [3.05, 3.63) is 191 Å². The molecule has 9 heterocycles. The van der Waals surface area contributed by atoms with Crippen LogP contribution in [0.3, 0.4) is 0 Å². The smallest absolute Gasteiger partial charge is 0.338 e. The number of hydrogen-bond acceptors (Lipinski definition) is 23. The Morgan fingerprint density at radius 3 is 1.28 bits per heavy atom. The third kappa shape index (κ3) is 18.7. The molecule has 0 bridgehead atoms. The minimum Gasteiger partial charge on any atom is -0.481 e. The van der Waals surface area contributed by atoms with Crippen molar-refractivity contribution in [3.63, 3.8) is 0 Å². The second-order valence-corrected chi connectivity index (χ2v) is 25.9. The summed E-state index contributed by atoms with van der Waals surface area (Å²) in [4.78, 5) is 93.7. The van der Waals surface area contributed by atoms with Crippen LogP contribution in [-0.2, 0) is 52.5 Å². The molecule has 5 unspecified atom stereocenters. The summed E-state index contributed by atoms with van der Waals surface area (Å²) in [6.45, 7) is 9.05. The van der Waals surface area contributed by atoms with Crippen LogP contribution in [0.4, 0.5) is 13.2 Å². The zero-order valence-electron chi connectivity index (χ0n) is 55.1. The van der Waals surface area contributed by atoms with Gasteiger partial charge < -0.3 is 55.0 Å². The van der Waals surface area contributed by atoms with Crippen LogP contribution >= 0.6 is 47.8 Å². The first-order valence-electron chi connectivity index (χ1n) is 32.3. The maximum Gasteiger partial charge on any atom is 0.338 e. The number of benzene rings is 3. The second kappa shape index (κ2) is 35.1. The van der Waals surface area contributed by atoms with Gasteiger partial charge in [-0.15, -0.1) is 0 Å². The topological polar surface area (TPSA) is 346 Å². The van der Waals surface area contributed by atoms with E-state index in [2.05, 4.69) is 79.0 Å². The molecule has 3 saturated heterocycles. The summed E-state index contributed by atoms with van der Waals surface area (Å²) < 4.78 is 74.4. The third-order valence-corrected chi connectivity index (χ3v) is 18.6. The van der Waals surface area contributed by atoms with Gasteiger partial charge in [-0.25, -0.2) is 61.4 Å². The lowest BCUT2D eigenvalue weighted by atomic mass is 9.95. The summed E-state index contributed by atoms with van der Waals surface area (Å²) in [7, 11) is 0. The molecule has 0 amide bonds. The van der Waals surface area contributed by atoms with Gasteiger partial charge in [0.1, 0.15) is 41.6 Å². The monoisotopic (exact) mass is 1600 g/mol. The molecule has 6 N–H and O–H groups in total. The fraction of sp³-hybridized carbons (Fsp3) is 0.373. The summed E-state index contributed by atoms with van der Waals surface area (Å²) >= 11 is 10.2. The Morgan fingerprint density at radius 1 is 0.539 bits per heavy atom.